The van der Waals surface area contributed by atoms with Crippen molar-refractivity contribution in [2.45, 2.75) is 26.5 Å². The second-order valence-electron chi connectivity index (χ2n) is 4.72. The molecule has 0 fully saturated rings. The Balaban J connectivity index is 2.04. The fraction of sp³-hybridized carbons (Fsp3) is 0.250. The van der Waals surface area contributed by atoms with E-state index in [1.807, 2.05) is 38.1 Å². The summed E-state index contributed by atoms with van der Waals surface area (Å²) in [6, 6.07) is 12.4. The van der Waals surface area contributed by atoms with Crippen LogP contribution in [0.5, 0.6) is 5.75 Å². The Morgan fingerprint density at radius 2 is 1.84 bits per heavy atom. The third-order valence-electron chi connectivity index (χ3n) is 3.11. The van der Waals surface area contributed by atoms with Crippen LogP contribution in [0.3, 0.4) is 0 Å². The average Bonchev–Trinajstić information content (AvgIpc) is 2.40. The number of ether oxygens (including phenoxy) is 1. The lowest BCUT2D eigenvalue weighted by Crippen LogP contribution is -2.04. The zero-order valence-corrected chi connectivity index (χ0v) is 11.2. The fourth-order valence-corrected chi connectivity index (χ4v) is 1.82. The van der Waals surface area contributed by atoms with Crippen LogP contribution in [-0.4, -0.2) is 0 Å². The maximum atomic E-state index is 13.1. The molecule has 19 heavy (non-hydrogen) atoms. The van der Waals surface area contributed by atoms with Crippen molar-refractivity contribution in [1.82, 2.24) is 0 Å². The van der Waals surface area contributed by atoms with Crippen molar-refractivity contribution >= 4 is 0 Å². The molecule has 0 aliphatic carbocycles. The molecule has 2 aromatic carbocycles. The van der Waals surface area contributed by atoms with Gasteiger partial charge in [-0.1, -0.05) is 18.2 Å². The lowest BCUT2D eigenvalue weighted by Gasteiger charge is -2.10. The fourth-order valence-electron chi connectivity index (χ4n) is 1.82. The summed E-state index contributed by atoms with van der Waals surface area (Å²) < 4.78 is 18.8. The van der Waals surface area contributed by atoms with Gasteiger partial charge in [-0.2, -0.15) is 0 Å². The Kier molecular flexibility index (Phi) is 4.17. The molecule has 0 amide bonds. The van der Waals surface area contributed by atoms with Crippen LogP contribution in [0.25, 0.3) is 0 Å². The molecule has 2 nitrogen and oxygen atoms in total. The monoisotopic (exact) mass is 259 g/mol. The van der Waals surface area contributed by atoms with Crippen molar-refractivity contribution in [1.29, 1.82) is 0 Å². The van der Waals surface area contributed by atoms with E-state index in [1.165, 1.54) is 12.1 Å². The second kappa shape index (κ2) is 5.85. The molecule has 0 bridgehead atoms. The van der Waals surface area contributed by atoms with E-state index in [-0.39, 0.29) is 11.9 Å². The van der Waals surface area contributed by atoms with E-state index in [0.717, 1.165) is 22.4 Å². The summed E-state index contributed by atoms with van der Waals surface area (Å²) in [7, 11) is 0. The van der Waals surface area contributed by atoms with Gasteiger partial charge in [0.1, 0.15) is 18.2 Å². The van der Waals surface area contributed by atoms with E-state index < -0.39 is 0 Å². The summed E-state index contributed by atoms with van der Waals surface area (Å²) in [4.78, 5) is 0. The molecular weight excluding hydrogens is 241 g/mol. The standard InChI is InChI=1S/C16H18FNO/c1-11-3-6-15(17)9-14(11)10-19-16-7-4-13(5-8-16)12(2)18/h3-9,12H,10,18H2,1-2H3/t12-/m1/s1. The zero-order valence-electron chi connectivity index (χ0n) is 11.2. The molecule has 0 heterocycles. The second-order valence-corrected chi connectivity index (χ2v) is 4.72. The highest BCUT2D eigenvalue weighted by Gasteiger charge is 2.03. The average molecular weight is 259 g/mol. The van der Waals surface area contributed by atoms with E-state index in [4.69, 9.17) is 10.5 Å². The molecule has 0 saturated carbocycles. The first-order chi connectivity index (χ1) is 9.06. The van der Waals surface area contributed by atoms with E-state index in [9.17, 15) is 4.39 Å². The Morgan fingerprint density at radius 1 is 1.16 bits per heavy atom. The minimum Gasteiger partial charge on any atom is -0.489 e. The van der Waals surface area contributed by atoms with Gasteiger partial charge in [0.2, 0.25) is 0 Å². The van der Waals surface area contributed by atoms with Gasteiger partial charge in [0.25, 0.3) is 0 Å². The van der Waals surface area contributed by atoms with Crippen molar-refractivity contribution < 1.29 is 9.13 Å². The number of nitrogens with two attached hydrogens (primary N) is 1. The molecule has 0 saturated heterocycles. The van der Waals surface area contributed by atoms with Gasteiger partial charge in [0.15, 0.2) is 0 Å². The summed E-state index contributed by atoms with van der Waals surface area (Å²) in [6.45, 7) is 4.24. The van der Waals surface area contributed by atoms with E-state index in [2.05, 4.69) is 0 Å². The van der Waals surface area contributed by atoms with Crippen LogP contribution in [0.2, 0.25) is 0 Å². The van der Waals surface area contributed by atoms with E-state index in [1.54, 1.807) is 6.07 Å². The number of hydrogen-bond donors (Lipinski definition) is 1. The van der Waals surface area contributed by atoms with Crippen molar-refractivity contribution in [3.63, 3.8) is 0 Å². The summed E-state index contributed by atoms with van der Waals surface area (Å²) in [5.41, 5.74) is 8.73. The van der Waals surface area contributed by atoms with Crippen LogP contribution in [0.1, 0.15) is 29.7 Å². The Labute approximate surface area is 113 Å². The smallest absolute Gasteiger partial charge is 0.123 e. The largest absolute Gasteiger partial charge is 0.489 e. The van der Waals surface area contributed by atoms with Gasteiger partial charge in [-0.3, -0.25) is 0 Å². The number of rotatable bonds is 4. The van der Waals surface area contributed by atoms with Gasteiger partial charge in [0.05, 0.1) is 0 Å². The predicted molar refractivity (Wildman–Crippen MR) is 74.5 cm³/mol. The molecule has 1 atom stereocenters. The first-order valence-electron chi connectivity index (χ1n) is 6.29. The van der Waals surface area contributed by atoms with Crippen molar-refractivity contribution in [2.75, 3.05) is 0 Å². The van der Waals surface area contributed by atoms with Gasteiger partial charge in [-0.25, -0.2) is 4.39 Å². The zero-order chi connectivity index (χ0) is 13.8. The Bertz CT molecular complexity index is 549. The van der Waals surface area contributed by atoms with Crippen LogP contribution in [0.15, 0.2) is 42.5 Å². The molecule has 0 unspecified atom stereocenters. The third-order valence-corrected chi connectivity index (χ3v) is 3.11. The molecule has 2 rings (SSSR count). The van der Waals surface area contributed by atoms with Crippen LogP contribution < -0.4 is 10.5 Å². The predicted octanol–water partition coefficient (Wildman–Crippen LogP) is 3.73. The topological polar surface area (TPSA) is 35.2 Å². The molecule has 0 spiro atoms. The SMILES string of the molecule is Cc1ccc(F)cc1COc1ccc([C@@H](C)N)cc1. The van der Waals surface area contributed by atoms with Gasteiger partial charge in [-0.15, -0.1) is 0 Å². The quantitative estimate of drug-likeness (QED) is 0.908. The lowest BCUT2D eigenvalue weighted by atomic mass is 10.1. The molecule has 2 aromatic rings. The minimum absolute atomic E-state index is 0.0134. The van der Waals surface area contributed by atoms with Crippen LogP contribution >= 0.6 is 0 Å². The van der Waals surface area contributed by atoms with Crippen molar-refractivity contribution in [3.05, 3.63) is 65.0 Å². The Hall–Kier alpha value is -1.87. The molecule has 0 aromatic heterocycles. The van der Waals surface area contributed by atoms with Gasteiger partial charge < -0.3 is 10.5 Å². The number of benzene rings is 2. The first-order valence-corrected chi connectivity index (χ1v) is 6.29. The summed E-state index contributed by atoms with van der Waals surface area (Å²) in [5.74, 6) is 0.518. The molecule has 0 aliphatic rings. The molecule has 3 heteroatoms. The van der Waals surface area contributed by atoms with Crippen LogP contribution in [-0.2, 0) is 6.61 Å². The van der Waals surface area contributed by atoms with Gasteiger partial charge in [-0.05, 0) is 54.8 Å². The highest BCUT2D eigenvalue weighted by atomic mass is 19.1. The highest BCUT2D eigenvalue weighted by molar-refractivity contribution is 5.30. The first kappa shape index (κ1) is 13.6. The third kappa shape index (κ3) is 3.55. The highest BCUT2D eigenvalue weighted by Crippen LogP contribution is 2.18. The van der Waals surface area contributed by atoms with E-state index >= 15 is 0 Å². The maximum absolute atomic E-state index is 13.1. The number of aryl methyl sites for hydroxylation is 1. The molecule has 0 aliphatic heterocycles. The summed E-state index contributed by atoms with van der Waals surface area (Å²) >= 11 is 0. The molecule has 2 N–H and O–H groups in total. The lowest BCUT2D eigenvalue weighted by molar-refractivity contribution is 0.304. The normalized spacial score (nSPS) is 12.2. The minimum atomic E-state index is -0.239. The van der Waals surface area contributed by atoms with Crippen molar-refractivity contribution in [2.24, 2.45) is 5.73 Å². The van der Waals surface area contributed by atoms with Crippen molar-refractivity contribution in [3.8, 4) is 5.75 Å². The summed E-state index contributed by atoms with van der Waals surface area (Å²) in [6.07, 6.45) is 0. The van der Waals surface area contributed by atoms with Crippen LogP contribution in [0, 0.1) is 12.7 Å². The number of hydrogen-bond acceptors (Lipinski definition) is 2. The van der Waals surface area contributed by atoms with Gasteiger partial charge >= 0.3 is 0 Å². The molecule has 100 valence electrons. The van der Waals surface area contributed by atoms with E-state index in [0.29, 0.717) is 6.61 Å². The van der Waals surface area contributed by atoms with Gasteiger partial charge in [0, 0.05) is 6.04 Å². The Morgan fingerprint density at radius 3 is 2.47 bits per heavy atom. The molecular formula is C16H18FNO. The number of halogens is 1. The molecule has 0 radical (unpaired) electrons. The maximum Gasteiger partial charge on any atom is 0.123 e. The van der Waals surface area contributed by atoms with Crippen LogP contribution in [0.4, 0.5) is 4.39 Å². The summed E-state index contributed by atoms with van der Waals surface area (Å²) in [5, 5.41) is 0.